The largest absolute Gasteiger partial charge is 0.461 e. The highest BCUT2D eigenvalue weighted by Crippen LogP contribution is 2.07. The second-order valence-electron chi connectivity index (χ2n) is 3.61. The number of pyridine rings is 1. The summed E-state index contributed by atoms with van der Waals surface area (Å²) in [5.41, 5.74) is 0.855. The number of hydrogen-bond donors (Lipinski definition) is 0. The maximum absolute atomic E-state index is 11.3. The van der Waals surface area contributed by atoms with Crippen molar-refractivity contribution in [3.05, 3.63) is 29.0 Å². The van der Waals surface area contributed by atoms with Gasteiger partial charge < -0.3 is 4.74 Å². The van der Waals surface area contributed by atoms with Crippen molar-refractivity contribution >= 4 is 17.6 Å². The highest BCUT2D eigenvalue weighted by molar-refractivity contribution is 6.29. The molecule has 16 heavy (non-hydrogen) atoms. The van der Waals surface area contributed by atoms with Crippen molar-refractivity contribution in [2.75, 3.05) is 0 Å². The summed E-state index contributed by atoms with van der Waals surface area (Å²) in [6.45, 7) is 2.37. The summed E-state index contributed by atoms with van der Waals surface area (Å²) >= 11 is 5.64. The molecule has 0 aliphatic carbocycles. The van der Waals surface area contributed by atoms with Crippen molar-refractivity contribution in [2.45, 2.75) is 39.2 Å². The van der Waals surface area contributed by atoms with Crippen LogP contribution < -0.4 is 0 Å². The molecule has 0 N–H and O–H groups in total. The minimum Gasteiger partial charge on any atom is -0.461 e. The van der Waals surface area contributed by atoms with Crippen LogP contribution in [-0.4, -0.2) is 11.0 Å². The lowest BCUT2D eigenvalue weighted by molar-refractivity contribution is -0.145. The smallest absolute Gasteiger partial charge is 0.306 e. The Labute approximate surface area is 101 Å². The highest BCUT2D eigenvalue weighted by Gasteiger charge is 2.03. The second kappa shape index (κ2) is 7.23. The van der Waals surface area contributed by atoms with Crippen LogP contribution in [0.5, 0.6) is 0 Å². The molecule has 0 saturated carbocycles. The number of unbranched alkanes of at least 4 members (excludes halogenated alkanes) is 2. The van der Waals surface area contributed by atoms with Crippen molar-refractivity contribution in [1.29, 1.82) is 0 Å². The molecule has 0 aliphatic rings. The van der Waals surface area contributed by atoms with E-state index in [4.69, 9.17) is 16.3 Å². The molecule has 0 aliphatic heterocycles. The summed E-state index contributed by atoms with van der Waals surface area (Å²) in [5.74, 6) is -0.150. The minimum absolute atomic E-state index is 0.150. The zero-order valence-corrected chi connectivity index (χ0v) is 10.2. The molecular weight excluding hydrogens is 226 g/mol. The number of halogens is 1. The fourth-order valence-corrected chi connectivity index (χ4v) is 1.36. The third kappa shape index (κ3) is 5.12. The van der Waals surface area contributed by atoms with Crippen LogP contribution in [0, 0.1) is 0 Å². The van der Waals surface area contributed by atoms with Crippen LogP contribution in [-0.2, 0) is 16.1 Å². The number of aromatic nitrogens is 1. The van der Waals surface area contributed by atoms with Crippen LogP contribution >= 0.6 is 11.6 Å². The molecule has 1 aromatic heterocycles. The average molecular weight is 242 g/mol. The molecule has 0 spiro atoms. The van der Waals surface area contributed by atoms with Crippen LogP contribution in [0.4, 0.5) is 0 Å². The summed E-state index contributed by atoms with van der Waals surface area (Å²) < 4.78 is 5.09. The van der Waals surface area contributed by atoms with Gasteiger partial charge >= 0.3 is 5.97 Å². The molecule has 0 fully saturated rings. The Morgan fingerprint density at radius 1 is 1.44 bits per heavy atom. The van der Waals surface area contributed by atoms with Crippen molar-refractivity contribution in [2.24, 2.45) is 0 Å². The Kier molecular flexibility index (Phi) is 5.86. The predicted octanol–water partition coefficient (Wildman–Crippen LogP) is 3.36. The fraction of sp³-hybridized carbons (Fsp3) is 0.500. The van der Waals surface area contributed by atoms with Gasteiger partial charge in [-0.25, -0.2) is 4.98 Å². The molecule has 3 nitrogen and oxygen atoms in total. The van der Waals surface area contributed by atoms with E-state index in [0.717, 1.165) is 24.8 Å². The van der Waals surface area contributed by atoms with Gasteiger partial charge in [0.25, 0.3) is 0 Å². The monoisotopic (exact) mass is 241 g/mol. The van der Waals surface area contributed by atoms with Gasteiger partial charge in [0.1, 0.15) is 11.8 Å². The average Bonchev–Trinajstić information content (AvgIpc) is 2.29. The standard InChI is InChI=1S/C12H16ClNO2/c1-2-3-4-5-12(15)16-9-10-6-7-11(13)14-8-10/h6-8H,2-5,9H2,1H3. The summed E-state index contributed by atoms with van der Waals surface area (Å²) in [7, 11) is 0. The number of carbonyl (C=O) groups excluding carboxylic acids is 1. The van der Waals surface area contributed by atoms with Gasteiger partial charge in [-0.3, -0.25) is 4.79 Å². The van der Waals surface area contributed by atoms with Crippen LogP contribution in [0.15, 0.2) is 18.3 Å². The van der Waals surface area contributed by atoms with Gasteiger partial charge in [-0.1, -0.05) is 37.4 Å². The van der Waals surface area contributed by atoms with Crippen molar-refractivity contribution in [1.82, 2.24) is 4.98 Å². The quantitative estimate of drug-likeness (QED) is 0.436. The summed E-state index contributed by atoms with van der Waals surface area (Å²) in [4.78, 5) is 15.2. The number of rotatable bonds is 6. The van der Waals surface area contributed by atoms with E-state index in [1.54, 1.807) is 18.3 Å². The Morgan fingerprint density at radius 3 is 2.88 bits per heavy atom. The number of nitrogens with zero attached hydrogens (tertiary/aromatic N) is 1. The van der Waals surface area contributed by atoms with Crippen molar-refractivity contribution in [3.8, 4) is 0 Å². The fourth-order valence-electron chi connectivity index (χ4n) is 1.25. The molecule has 4 heteroatoms. The third-order valence-corrected chi connectivity index (χ3v) is 2.40. The van der Waals surface area contributed by atoms with Crippen molar-refractivity contribution in [3.63, 3.8) is 0 Å². The first-order valence-electron chi connectivity index (χ1n) is 5.48. The van der Waals surface area contributed by atoms with Crippen molar-refractivity contribution < 1.29 is 9.53 Å². The van der Waals surface area contributed by atoms with Crippen LogP contribution in [0.25, 0.3) is 0 Å². The molecule has 0 amide bonds. The molecule has 1 rings (SSSR count). The predicted molar refractivity (Wildman–Crippen MR) is 63.2 cm³/mol. The minimum atomic E-state index is -0.150. The molecule has 0 unspecified atom stereocenters. The van der Waals surface area contributed by atoms with Crippen LogP contribution in [0.2, 0.25) is 5.15 Å². The molecule has 0 bridgehead atoms. The van der Waals surface area contributed by atoms with E-state index in [0.29, 0.717) is 11.6 Å². The number of ether oxygens (including phenoxy) is 1. The third-order valence-electron chi connectivity index (χ3n) is 2.17. The van der Waals surface area contributed by atoms with Gasteiger partial charge in [0.15, 0.2) is 0 Å². The number of esters is 1. The molecule has 1 heterocycles. The molecule has 1 aromatic rings. The Bertz CT molecular complexity index is 324. The topological polar surface area (TPSA) is 39.2 Å². The lowest BCUT2D eigenvalue weighted by Gasteiger charge is -2.04. The lowest BCUT2D eigenvalue weighted by atomic mass is 10.2. The van der Waals surface area contributed by atoms with E-state index in [1.807, 2.05) is 0 Å². The lowest BCUT2D eigenvalue weighted by Crippen LogP contribution is -2.04. The first kappa shape index (κ1) is 13.0. The molecule has 0 saturated heterocycles. The Balaban J connectivity index is 2.23. The molecular formula is C12H16ClNO2. The van der Waals surface area contributed by atoms with Crippen LogP contribution in [0.3, 0.4) is 0 Å². The van der Waals surface area contributed by atoms with E-state index >= 15 is 0 Å². The van der Waals surface area contributed by atoms with Gasteiger partial charge in [0.05, 0.1) is 0 Å². The van der Waals surface area contributed by atoms with Gasteiger partial charge in [-0.15, -0.1) is 0 Å². The van der Waals surface area contributed by atoms with E-state index < -0.39 is 0 Å². The maximum atomic E-state index is 11.3. The Morgan fingerprint density at radius 2 is 2.25 bits per heavy atom. The molecule has 88 valence electrons. The summed E-state index contributed by atoms with van der Waals surface area (Å²) in [6, 6.07) is 3.48. The van der Waals surface area contributed by atoms with Gasteiger partial charge in [0, 0.05) is 18.2 Å². The summed E-state index contributed by atoms with van der Waals surface area (Å²) in [5, 5.41) is 0.443. The van der Waals surface area contributed by atoms with E-state index in [-0.39, 0.29) is 12.6 Å². The zero-order valence-electron chi connectivity index (χ0n) is 9.41. The van der Waals surface area contributed by atoms with Gasteiger partial charge in [-0.05, 0) is 12.5 Å². The normalized spacial score (nSPS) is 10.1. The molecule has 0 atom stereocenters. The second-order valence-corrected chi connectivity index (χ2v) is 3.99. The highest BCUT2D eigenvalue weighted by atomic mass is 35.5. The molecule has 0 radical (unpaired) electrons. The Hall–Kier alpha value is -1.09. The zero-order chi connectivity index (χ0) is 11.8. The maximum Gasteiger partial charge on any atom is 0.306 e. The SMILES string of the molecule is CCCCCC(=O)OCc1ccc(Cl)nc1. The first-order chi connectivity index (χ1) is 7.72. The van der Waals surface area contributed by atoms with E-state index in [9.17, 15) is 4.79 Å². The van der Waals surface area contributed by atoms with E-state index in [1.165, 1.54) is 0 Å². The first-order valence-corrected chi connectivity index (χ1v) is 5.86. The van der Waals surface area contributed by atoms with E-state index in [2.05, 4.69) is 11.9 Å². The number of hydrogen-bond acceptors (Lipinski definition) is 3. The van der Waals surface area contributed by atoms with Gasteiger partial charge in [0.2, 0.25) is 0 Å². The number of carbonyl (C=O) groups is 1. The summed E-state index contributed by atoms with van der Waals surface area (Å²) in [6.07, 6.45) is 5.18. The van der Waals surface area contributed by atoms with Gasteiger partial charge in [-0.2, -0.15) is 0 Å². The molecule has 0 aromatic carbocycles. The van der Waals surface area contributed by atoms with Crippen LogP contribution in [0.1, 0.15) is 38.2 Å².